The van der Waals surface area contributed by atoms with Crippen molar-refractivity contribution in [2.45, 2.75) is 147 Å². The third-order valence-electron chi connectivity index (χ3n) is 17.8. The summed E-state index contributed by atoms with van der Waals surface area (Å²) in [4.78, 5) is 105. The van der Waals surface area contributed by atoms with E-state index < -0.39 is 77.6 Å². The first-order chi connectivity index (χ1) is 42.8. The zero-order valence-corrected chi connectivity index (χ0v) is 51.6. The number of aryl methyl sites for hydroxylation is 3. The molecule has 462 valence electrons. The molecule has 18 nitrogen and oxygen atoms in total. The van der Waals surface area contributed by atoms with Gasteiger partial charge in [0.25, 0.3) is 0 Å². The molecule has 6 aromatic carbocycles. The Morgan fingerprint density at radius 1 is 0.820 bits per heavy atom. The molecule has 3 aliphatic heterocycles. The molecule has 7 N–H and O–H groups in total. The van der Waals surface area contributed by atoms with Gasteiger partial charge in [0.2, 0.25) is 35.4 Å². The Bertz CT molecular complexity index is 3800. The number of carbonyl (C=O) groups excluding carboxylic acids is 7. The van der Waals surface area contributed by atoms with Crippen LogP contribution in [-0.2, 0) is 70.7 Å². The monoisotopic (exact) mass is 1220 g/mol. The lowest BCUT2D eigenvalue weighted by atomic mass is 9.85. The number of amides is 7. The number of anilines is 1. The largest absolute Gasteiger partial charge is 0.449 e. The van der Waals surface area contributed by atoms with Gasteiger partial charge in [-0.15, -0.1) is 11.3 Å². The number of carbonyl (C=O) groups is 7. The van der Waals surface area contributed by atoms with Gasteiger partial charge in [0.05, 0.1) is 46.6 Å². The minimum Gasteiger partial charge on any atom is -0.449 e. The first kappa shape index (κ1) is 61.9. The fourth-order valence-corrected chi connectivity index (χ4v) is 13.9. The molecule has 0 unspecified atom stereocenters. The van der Waals surface area contributed by atoms with E-state index >= 15 is 0 Å². The Kier molecular flexibility index (Phi) is 18.4. The highest BCUT2D eigenvalue weighted by Crippen LogP contribution is 2.45. The van der Waals surface area contributed by atoms with Crippen LogP contribution in [0.3, 0.4) is 0 Å². The minimum atomic E-state index is -0.979. The number of fused-ring (bicyclic) bond motifs is 4. The van der Waals surface area contributed by atoms with Crippen LogP contribution in [0.1, 0.15) is 110 Å². The van der Waals surface area contributed by atoms with Crippen LogP contribution in [0.4, 0.5) is 10.5 Å². The lowest BCUT2D eigenvalue weighted by molar-refractivity contribution is -0.144. The summed E-state index contributed by atoms with van der Waals surface area (Å²) in [6.45, 7) is 9.78. The molecule has 4 aliphatic rings. The fourth-order valence-electron chi connectivity index (χ4n) is 13.1. The molecule has 0 spiro atoms. The summed E-state index contributed by atoms with van der Waals surface area (Å²) < 4.78 is 12.3. The van der Waals surface area contributed by atoms with Crippen LogP contribution in [-0.4, -0.2) is 112 Å². The molecule has 0 bridgehead atoms. The second-order valence-corrected chi connectivity index (χ2v) is 25.8. The number of rotatable bonds is 21. The third kappa shape index (κ3) is 13.6. The molecule has 7 atom stereocenters. The number of nitrogens with two attached hydrogens (primary N) is 1. The highest BCUT2D eigenvalue weighted by atomic mass is 32.1. The number of para-hydroxylation sites is 1. The van der Waals surface area contributed by atoms with Gasteiger partial charge in [-0.2, -0.15) is 0 Å². The van der Waals surface area contributed by atoms with Crippen LogP contribution in [0.2, 0.25) is 0 Å². The Labute approximate surface area is 521 Å². The van der Waals surface area contributed by atoms with Crippen molar-refractivity contribution in [1.82, 2.24) is 31.2 Å². The second kappa shape index (κ2) is 26.5. The summed E-state index contributed by atoms with van der Waals surface area (Å²) in [6.07, 6.45) is -0.535. The van der Waals surface area contributed by atoms with Crippen LogP contribution in [0, 0.1) is 12.3 Å². The van der Waals surface area contributed by atoms with E-state index in [0.717, 1.165) is 77.0 Å². The number of benzene rings is 6. The molecule has 7 amide bonds. The van der Waals surface area contributed by atoms with Crippen molar-refractivity contribution >= 4 is 69.3 Å². The highest BCUT2D eigenvalue weighted by Gasteiger charge is 2.46. The van der Waals surface area contributed by atoms with Gasteiger partial charge in [0, 0.05) is 44.7 Å². The van der Waals surface area contributed by atoms with Crippen molar-refractivity contribution < 1.29 is 48.1 Å². The average Bonchev–Trinajstić information content (AvgIpc) is 1.73. The Hall–Kier alpha value is -8.78. The normalized spacial score (nSPS) is 18.7. The van der Waals surface area contributed by atoms with E-state index in [9.17, 15) is 38.7 Å². The zero-order valence-electron chi connectivity index (χ0n) is 50.8. The summed E-state index contributed by atoms with van der Waals surface area (Å²) in [5, 5.41) is 24.5. The number of thiazole rings is 1. The van der Waals surface area contributed by atoms with Crippen molar-refractivity contribution in [1.29, 1.82) is 0 Å². The van der Waals surface area contributed by atoms with Crippen LogP contribution < -0.4 is 31.9 Å². The van der Waals surface area contributed by atoms with Gasteiger partial charge in [-0.25, -0.2) is 9.78 Å². The van der Waals surface area contributed by atoms with Crippen LogP contribution >= 0.6 is 11.3 Å². The number of hydrogen-bond acceptors (Lipinski definition) is 12. The van der Waals surface area contributed by atoms with Gasteiger partial charge in [0.15, 0.2) is 0 Å². The van der Waals surface area contributed by atoms with Gasteiger partial charge in [0.1, 0.15) is 30.8 Å². The molecule has 1 aromatic heterocycles. The number of β-amino-alcohol motifs (C(OH)–C–C–N with tert-alkyl or cyclic N) is 1. The molecule has 1 saturated heterocycles. The van der Waals surface area contributed by atoms with E-state index in [1.54, 1.807) is 11.3 Å². The van der Waals surface area contributed by atoms with Crippen molar-refractivity contribution in [3.05, 3.63) is 178 Å². The maximum atomic E-state index is 14.7. The maximum Gasteiger partial charge on any atom is 0.407 e. The zero-order chi connectivity index (χ0) is 62.7. The Balaban J connectivity index is 0.693. The molecule has 0 radical (unpaired) electrons. The molecule has 19 heteroatoms. The minimum absolute atomic E-state index is 0.0274. The van der Waals surface area contributed by atoms with Gasteiger partial charge in [-0.3, -0.25) is 33.7 Å². The quantitative estimate of drug-likeness (QED) is 0.0398. The summed E-state index contributed by atoms with van der Waals surface area (Å²) in [5.74, 6) is -2.72. The molecule has 11 rings (SSSR count). The number of aliphatic hydroxyl groups excluding tert-OH is 1. The highest BCUT2D eigenvalue weighted by molar-refractivity contribution is 7.13. The van der Waals surface area contributed by atoms with Gasteiger partial charge in [-0.1, -0.05) is 142 Å². The molecule has 4 heterocycles. The van der Waals surface area contributed by atoms with Gasteiger partial charge < -0.3 is 46.5 Å². The van der Waals surface area contributed by atoms with Crippen LogP contribution in [0.15, 0.2) is 133 Å². The molecular formula is C70H76N8O10S. The van der Waals surface area contributed by atoms with Gasteiger partial charge in [-0.05, 0) is 117 Å². The molecule has 89 heavy (non-hydrogen) atoms. The van der Waals surface area contributed by atoms with E-state index in [1.807, 2.05) is 155 Å². The average molecular weight is 1220 g/mol. The Morgan fingerprint density at radius 2 is 1.53 bits per heavy atom. The summed E-state index contributed by atoms with van der Waals surface area (Å²) in [7, 11) is 0. The Morgan fingerprint density at radius 3 is 2.24 bits per heavy atom. The maximum absolute atomic E-state index is 14.7. The van der Waals surface area contributed by atoms with E-state index in [-0.39, 0.29) is 76.1 Å². The number of ether oxygens (including phenoxy) is 2. The first-order valence-corrected chi connectivity index (χ1v) is 31.5. The number of primary amides is 1. The lowest BCUT2D eigenvalue weighted by Crippen LogP contribution is -2.57. The number of nitrogens with zero attached hydrogens (tertiary/aromatic N) is 3. The number of hydrogen-bond donors (Lipinski definition) is 6. The molecule has 7 aromatic rings. The summed E-state index contributed by atoms with van der Waals surface area (Å²) in [5.41, 5.74) is 18.1. The molecule has 1 aliphatic carbocycles. The standard InChI is InChI=1S/C70H76N8O10S/c1-40-63(89-39-73-40)46-23-20-42(21-24-46)35-72-65(82)58-34-49(79)36-77(58)68(85)64(70(3,4)5)76-61(81)31-26-44-12-10-14-47-32-43(22-27-50(44)47)37-87-41(2)56(29-30-60(71)80)74-66(83)59-33-48-15-11-13-45-25-28-57(67(84)78(59)62(45)48)75-69(86)88-38-55-53-18-8-6-16-51(53)52-17-7-9-19-54(52)55/h6-24,27,32,39,41,49,55-59,64,79H,25-26,28-31,33-38H2,1-5H3,(H2,71,80)(H,72,82)(H,74,83)(H,75,86)(H,76,81)/t41-,49-,56+,57+,58+,59+,64-/m1/s1. The summed E-state index contributed by atoms with van der Waals surface area (Å²) >= 11 is 1.56. The van der Waals surface area contributed by atoms with Crippen molar-refractivity contribution in [3.63, 3.8) is 0 Å². The number of likely N-dealkylation sites (tertiary alicyclic amines) is 1. The molecular weight excluding hydrogens is 1140 g/mol. The predicted molar refractivity (Wildman–Crippen MR) is 340 cm³/mol. The van der Waals surface area contributed by atoms with Crippen molar-refractivity contribution in [2.24, 2.45) is 11.1 Å². The number of nitrogens with one attached hydrogen (secondary N) is 4. The van der Waals surface area contributed by atoms with E-state index in [4.69, 9.17) is 15.2 Å². The first-order valence-electron chi connectivity index (χ1n) is 30.6. The number of alkyl carbamates (subject to hydrolysis) is 1. The van der Waals surface area contributed by atoms with E-state index in [1.165, 1.54) is 9.80 Å². The predicted octanol–water partition coefficient (Wildman–Crippen LogP) is 8.48. The lowest BCUT2D eigenvalue weighted by Gasteiger charge is -2.35. The summed E-state index contributed by atoms with van der Waals surface area (Å²) in [6, 6.07) is 37.0. The van der Waals surface area contributed by atoms with Crippen molar-refractivity contribution in [3.8, 4) is 21.6 Å². The van der Waals surface area contributed by atoms with E-state index in [0.29, 0.717) is 24.9 Å². The van der Waals surface area contributed by atoms with Crippen LogP contribution in [0.25, 0.3) is 32.3 Å². The number of aromatic nitrogens is 1. The SMILES string of the molecule is Cc1ncsc1-c1ccc(CNC(=O)[C@@H]2C[C@@H](O)CN2C(=O)[C@@H](NC(=O)CCc2cccc3cc(CO[C@H](C)[C@H](CCC(N)=O)NC(=O)[C@@H]4Cc5cccc6c5N4C(=O)[C@@H](NC(=O)OCC4c5ccccc5-c5ccccc54)CC6)ccc23)C(C)(C)C)cc1. The van der Waals surface area contributed by atoms with E-state index in [2.05, 4.69) is 38.4 Å². The fraction of sp³-hybridized carbons (Fsp3) is 0.371. The molecule has 0 saturated carbocycles. The van der Waals surface area contributed by atoms with Crippen molar-refractivity contribution in [2.75, 3.05) is 18.1 Å². The second-order valence-electron chi connectivity index (χ2n) is 25.0. The van der Waals surface area contributed by atoms with Gasteiger partial charge >= 0.3 is 6.09 Å². The topological polar surface area (TPSA) is 252 Å². The smallest absolute Gasteiger partial charge is 0.407 e. The van der Waals surface area contributed by atoms with Crippen LogP contribution in [0.5, 0.6) is 0 Å². The molecule has 1 fully saturated rings. The third-order valence-corrected chi connectivity index (χ3v) is 18.8. The number of aliphatic hydroxyl groups is 1.